The minimum absolute atomic E-state index is 0. The highest BCUT2D eigenvalue weighted by Crippen LogP contribution is 2.17. The summed E-state index contributed by atoms with van der Waals surface area (Å²) in [5, 5.41) is 3.42. The molecule has 1 unspecified atom stereocenters. The van der Waals surface area contributed by atoms with Crippen LogP contribution in [-0.2, 0) is 4.79 Å². The first-order valence-electron chi connectivity index (χ1n) is 9.18. The number of likely N-dealkylation sites (N-methyl/N-ethyl adjacent to an activating group) is 1. The van der Waals surface area contributed by atoms with Gasteiger partial charge in [0.15, 0.2) is 5.96 Å². The number of halogens is 1. The SMILES string of the molecule is CCNC(=NCC1CCCCN1CC)N1CCN(C(C)=O)CC1.I. The van der Waals surface area contributed by atoms with E-state index in [0.717, 1.165) is 51.8 Å². The van der Waals surface area contributed by atoms with E-state index in [1.165, 1.54) is 25.8 Å². The van der Waals surface area contributed by atoms with Crippen molar-refractivity contribution in [1.82, 2.24) is 20.0 Å². The van der Waals surface area contributed by atoms with E-state index in [9.17, 15) is 4.79 Å². The summed E-state index contributed by atoms with van der Waals surface area (Å²) in [6, 6.07) is 0.584. The van der Waals surface area contributed by atoms with Gasteiger partial charge < -0.3 is 15.1 Å². The topological polar surface area (TPSA) is 51.2 Å². The second-order valence-corrected chi connectivity index (χ2v) is 6.47. The average molecular weight is 451 g/mol. The lowest BCUT2D eigenvalue weighted by molar-refractivity contribution is -0.130. The molecule has 0 aromatic rings. The summed E-state index contributed by atoms with van der Waals surface area (Å²) < 4.78 is 0. The van der Waals surface area contributed by atoms with E-state index < -0.39 is 0 Å². The molecular formula is C17H34IN5O. The third-order valence-electron chi connectivity index (χ3n) is 4.97. The molecular weight excluding hydrogens is 417 g/mol. The summed E-state index contributed by atoms with van der Waals surface area (Å²) in [5.41, 5.74) is 0. The molecule has 2 saturated heterocycles. The predicted octanol–water partition coefficient (Wildman–Crippen LogP) is 1.61. The van der Waals surface area contributed by atoms with Crippen molar-refractivity contribution in [3.63, 3.8) is 0 Å². The Morgan fingerprint density at radius 1 is 1.08 bits per heavy atom. The third-order valence-corrected chi connectivity index (χ3v) is 4.97. The zero-order chi connectivity index (χ0) is 16.7. The van der Waals surface area contributed by atoms with Crippen LogP contribution in [0.25, 0.3) is 0 Å². The highest BCUT2D eigenvalue weighted by atomic mass is 127. The first kappa shape index (κ1) is 21.5. The number of piperidine rings is 1. The summed E-state index contributed by atoms with van der Waals surface area (Å²) in [4.78, 5) is 23.1. The maximum absolute atomic E-state index is 11.5. The Hall–Kier alpha value is -0.570. The second-order valence-electron chi connectivity index (χ2n) is 6.47. The van der Waals surface area contributed by atoms with E-state index in [-0.39, 0.29) is 29.9 Å². The van der Waals surface area contributed by atoms with Gasteiger partial charge in [0.25, 0.3) is 0 Å². The minimum Gasteiger partial charge on any atom is -0.357 e. The number of carbonyl (C=O) groups excluding carboxylic acids is 1. The molecule has 0 radical (unpaired) electrons. The molecule has 140 valence electrons. The lowest BCUT2D eigenvalue weighted by atomic mass is 10.0. The van der Waals surface area contributed by atoms with E-state index in [1.54, 1.807) is 6.92 Å². The van der Waals surface area contributed by atoms with Gasteiger partial charge in [-0.1, -0.05) is 13.3 Å². The number of amides is 1. The molecule has 2 rings (SSSR count). The summed E-state index contributed by atoms with van der Waals surface area (Å²) in [6.45, 7) is 13.4. The molecule has 0 saturated carbocycles. The van der Waals surface area contributed by atoms with Gasteiger partial charge in [0.1, 0.15) is 0 Å². The molecule has 7 heteroatoms. The number of hydrogen-bond acceptors (Lipinski definition) is 3. The Morgan fingerprint density at radius 2 is 1.75 bits per heavy atom. The fourth-order valence-electron chi connectivity index (χ4n) is 3.53. The van der Waals surface area contributed by atoms with Gasteiger partial charge in [0.2, 0.25) is 5.91 Å². The normalized spacial score (nSPS) is 23.0. The van der Waals surface area contributed by atoms with Gasteiger partial charge in [0, 0.05) is 45.7 Å². The largest absolute Gasteiger partial charge is 0.357 e. The number of likely N-dealkylation sites (tertiary alicyclic amines) is 1. The van der Waals surface area contributed by atoms with E-state index in [1.807, 2.05) is 4.90 Å². The summed E-state index contributed by atoms with van der Waals surface area (Å²) in [7, 11) is 0. The molecule has 2 heterocycles. The predicted molar refractivity (Wildman–Crippen MR) is 110 cm³/mol. The van der Waals surface area contributed by atoms with Crippen LogP contribution < -0.4 is 5.32 Å². The van der Waals surface area contributed by atoms with Crippen LogP contribution in [0.3, 0.4) is 0 Å². The zero-order valence-electron chi connectivity index (χ0n) is 15.5. The maximum Gasteiger partial charge on any atom is 0.219 e. The molecule has 24 heavy (non-hydrogen) atoms. The second kappa shape index (κ2) is 11.1. The van der Waals surface area contributed by atoms with E-state index in [4.69, 9.17) is 4.99 Å². The van der Waals surface area contributed by atoms with Crippen molar-refractivity contribution < 1.29 is 4.79 Å². The first-order chi connectivity index (χ1) is 11.2. The van der Waals surface area contributed by atoms with Crippen LogP contribution in [0.2, 0.25) is 0 Å². The van der Waals surface area contributed by atoms with E-state index in [2.05, 4.69) is 29.0 Å². The fourth-order valence-corrected chi connectivity index (χ4v) is 3.53. The number of nitrogens with zero attached hydrogens (tertiary/aromatic N) is 4. The Labute approximate surface area is 164 Å². The van der Waals surface area contributed by atoms with Crippen molar-refractivity contribution >= 4 is 35.8 Å². The number of carbonyl (C=O) groups is 1. The van der Waals surface area contributed by atoms with Crippen LogP contribution >= 0.6 is 24.0 Å². The average Bonchev–Trinajstić information content (AvgIpc) is 2.59. The number of hydrogen-bond donors (Lipinski definition) is 1. The van der Waals surface area contributed by atoms with Crippen molar-refractivity contribution in [1.29, 1.82) is 0 Å². The van der Waals surface area contributed by atoms with Gasteiger partial charge >= 0.3 is 0 Å². The highest BCUT2D eigenvalue weighted by Gasteiger charge is 2.23. The van der Waals surface area contributed by atoms with Gasteiger partial charge in [0.05, 0.1) is 6.54 Å². The molecule has 2 aliphatic rings. The van der Waals surface area contributed by atoms with Crippen LogP contribution in [-0.4, -0.2) is 85.0 Å². The molecule has 0 aromatic carbocycles. The lowest BCUT2D eigenvalue weighted by Gasteiger charge is -2.37. The maximum atomic E-state index is 11.5. The number of guanidine groups is 1. The molecule has 1 amide bonds. The summed E-state index contributed by atoms with van der Waals surface area (Å²) in [6.07, 6.45) is 3.90. The molecule has 2 fully saturated rings. The Balaban J connectivity index is 0.00000288. The highest BCUT2D eigenvalue weighted by molar-refractivity contribution is 14.0. The van der Waals surface area contributed by atoms with Crippen molar-refractivity contribution in [3.05, 3.63) is 0 Å². The van der Waals surface area contributed by atoms with Crippen LogP contribution in [0.1, 0.15) is 40.0 Å². The molecule has 6 nitrogen and oxygen atoms in total. The van der Waals surface area contributed by atoms with Crippen LogP contribution in [0.15, 0.2) is 4.99 Å². The van der Waals surface area contributed by atoms with Crippen molar-refractivity contribution in [2.45, 2.75) is 46.1 Å². The van der Waals surface area contributed by atoms with Crippen LogP contribution in [0, 0.1) is 0 Å². The van der Waals surface area contributed by atoms with Gasteiger partial charge in [-0.25, -0.2) is 0 Å². The van der Waals surface area contributed by atoms with Gasteiger partial charge in [-0.15, -0.1) is 24.0 Å². The van der Waals surface area contributed by atoms with Crippen molar-refractivity contribution in [3.8, 4) is 0 Å². The number of rotatable bonds is 4. The van der Waals surface area contributed by atoms with Crippen molar-refractivity contribution in [2.24, 2.45) is 4.99 Å². The van der Waals surface area contributed by atoms with Gasteiger partial charge in [-0.2, -0.15) is 0 Å². The Kier molecular flexibility index (Phi) is 9.95. The van der Waals surface area contributed by atoms with Crippen LogP contribution in [0.4, 0.5) is 0 Å². The van der Waals surface area contributed by atoms with Crippen molar-refractivity contribution in [2.75, 3.05) is 52.4 Å². The Bertz CT molecular complexity index is 410. The summed E-state index contributed by atoms with van der Waals surface area (Å²) >= 11 is 0. The summed E-state index contributed by atoms with van der Waals surface area (Å²) in [5.74, 6) is 1.18. The minimum atomic E-state index is 0. The van der Waals surface area contributed by atoms with Gasteiger partial charge in [-0.3, -0.25) is 14.7 Å². The van der Waals surface area contributed by atoms with E-state index in [0.29, 0.717) is 6.04 Å². The quantitative estimate of drug-likeness (QED) is 0.401. The molecule has 1 atom stereocenters. The number of piperazine rings is 1. The molecule has 2 aliphatic heterocycles. The van der Waals surface area contributed by atoms with Gasteiger partial charge in [-0.05, 0) is 32.9 Å². The standard InChI is InChI=1S/C17H33N5O.HI/c1-4-18-17(22-12-10-21(11-13-22)15(3)23)19-14-16-8-6-7-9-20(16)5-2;/h16H,4-14H2,1-3H3,(H,18,19);1H. The monoisotopic (exact) mass is 451 g/mol. The Morgan fingerprint density at radius 3 is 2.33 bits per heavy atom. The molecule has 0 spiro atoms. The molecule has 1 N–H and O–H groups in total. The molecule has 0 aliphatic carbocycles. The zero-order valence-corrected chi connectivity index (χ0v) is 17.8. The number of nitrogens with one attached hydrogen (secondary N) is 1. The third kappa shape index (κ3) is 6.06. The first-order valence-corrected chi connectivity index (χ1v) is 9.18. The van der Waals surface area contributed by atoms with Crippen LogP contribution in [0.5, 0.6) is 0 Å². The smallest absolute Gasteiger partial charge is 0.219 e. The lowest BCUT2D eigenvalue weighted by Crippen LogP contribution is -2.53. The number of aliphatic imine (C=N–C) groups is 1. The molecule has 0 bridgehead atoms. The molecule has 0 aromatic heterocycles. The fraction of sp³-hybridized carbons (Fsp3) is 0.882. The van der Waals surface area contributed by atoms with E-state index >= 15 is 0 Å².